The van der Waals surface area contributed by atoms with Gasteiger partial charge in [0.25, 0.3) is 5.91 Å². The predicted molar refractivity (Wildman–Crippen MR) is 111 cm³/mol. The standard InChI is InChI=1S/C22H18N2O4S/c1-14(15-7-3-2-4-8-15)23-20(25)13-27-22(26)18-12-11-17(28-18)21-24-16-9-5-6-10-19(16)29-21/h2-12,14H,13H2,1H3,(H,23,25)/t14-/m0/s1. The molecule has 6 nitrogen and oxygen atoms in total. The van der Waals surface area contributed by atoms with Gasteiger partial charge in [-0.2, -0.15) is 0 Å². The summed E-state index contributed by atoms with van der Waals surface area (Å²) in [5, 5.41) is 3.47. The molecule has 0 fully saturated rings. The molecule has 1 amide bonds. The zero-order valence-electron chi connectivity index (χ0n) is 15.6. The number of carbonyl (C=O) groups excluding carboxylic acids is 2. The lowest BCUT2D eigenvalue weighted by atomic mass is 10.1. The van der Waals surface area contributed by atoms with Crippen molar-refractivity contribution in [1.82, 2.24) is 10.3 Å². The third kappa shape index (κ3) is 4.35. The van der Waals surface area contributed by atoms with Gasteiger partial charge >= 0.3 is 5.97 Å². The number of fused-ring (bicyclic) bond motifs is 1. The van der Waals surface area contributed by atoms with Crippen molar-refractivity contribution in [3.05, 3.63) is 78.1 Å². The molecule has 4 aromatic rings. The van der Waals surface area contributed by atoms with E-state index in [4.69, 9.17) is 9.15 Å². The first-order chi connectivity index (χ1) is 14.1. The van der Waals surface area contributed by atoms with Gasteiger partial charge in [0.15, 0.2) is 17.4 Å². The van der Waals surface area contributed by atoms with Gasteiger partial charge in [-0.25, -0.2) is 9.78 Å². The van der Waals surface area contributed by atoms with Crippen LogP contribution in [0.15, 0.2) is 71.1 Å². The van der Waals surface area contributed by atoms with Crippen LogP contribution < -0.4 is 5.32 Å². The molecule has 29 heavy (non-hydrogen) atoms. The molecular formula is C22H18N2O4S. The van der Waals surface area contributed by atoms with E-state index in [0.717, 1.165) is 15.8 Å². The molecule has 0 bridgehead atoms. The van der Waals surface area contributed by atoms with Gasteiger partial charge in [0.1, 0.15) is 0 Å². The minimum atomic E-state index is -0.695. The molecule has 0 spiro atoms. The molecule has 0 unspecified atom stereocenters. The number of nitrogens with one attached hydrogen (secondary N) is 1. The van der Waals surface area contributed by atoms with Crippen molar-refractivity contribution in [2.45, 2.75) is 13.0 Å². The minimum absolute atomic E-state index is 0.0307. The van der Waals surface area contributed by atoms with Crippen LogP contribution in [0.25, 0.3) is 21.0 Å². The highest BCUT2D eigenvalue weighted by atomic mass is 32.1. The number of benzene rings is 2. The Hall–Kier alpha value is -3.45. The van der Waals surface area contributed by atoms with Gasteiger partial charge < -0.3 is 14.5 Å². The van der Waals surface area contributed by atoms with Gasteiger partial charge in [-0.05, 0) is 36.8 Å². The number of thiazole rings is 1. The summed E-state index contributed by atoms with van der Waals surface area (Å²) in [6.45, 7) is 1.49. The van der Waals surface area contributed by atoms with Crippen LogP contribution in [0.1, 0.15) is 29.1 Å². The van der Waals surface area contributed by atoms with Gasteiger partial charge in [0.2, 0.25) is 5.76 Å². The summed E-state index contributed by atoms with van der Waals surface area (Å²) in [4.78, 5) is 28.8. The Bertz CT molecular complexity index is 1120. The van der Waals surface area contributed by atoms with E-state index in [0.29, 0.717) is 10.8 Å². The number of furan rings is 1. The lowest BCUT2D eigenvalue weighted by Gasteiger charge is -2.14. The molecule has 2 aromatic heterocycles. The fraction of sp³-hybridized carbons (Fsp3) is 0.136. The van der Waals surface area contributed by atoms with Crippen LogP contribution in [0.3, 0.4) is 0 Å². The van der Waals surface area contributed by atoms with Crippen LogP contribution in [-0.4, -0.2) is 23.5 Å². The largest absolute Gasteiger partial charge is 0.450 e. The highest BCUT2D eigenvalue weighted by molar-refractivity contribution is 7.21. The van der Waals surface area contributed by atoms with Crippen LogP contribution in [-0.2, 0) is 9.53 Å². The van der Waals surface area contributed by atoms with Crippen LogP contribution in [0.2, 0.25) is 0 Å². The van der Waals surface area contributed by atoms with Crippen molar-refractivity contribution in [2.75, 3.05) is 6.61 Å². The third-order valence-electron chi connectivity index (χ3n) is 4.32. The third-order valence-corrected chi connectivity index (χ3v) is 5.37. The Morgan fingerprint density at radius 2 is 1.83 bits per heavy atom. The number of aromatic nitrogens is 1. The first kappa shape index (κ1) is 18.9. The van der Waals surface area contributed by atoms with E-state index in [1.54, 1.807) is 6.07 Å². The zero-order chi connectivity index (χ0) is 20.2. The maximum absolute atomic E-state index is 12.2. The lowest BCUT2D eigenvalue weighted by Crippen LogP contribution is -2.31. The Balaban J connectivity index is 1.35. The Morgan fingerprint density at radius 3 is 2.62 bits per heavy atom. The highest BCUT2D eigenvalue weighted by Crippen LogP contribution is 2.31. The highest BCUT2D eigenvalue weighted by Gasteiger charge is 2.18. The molecule has 0 aliphatic carbocycles. The smallest absolute Gasteiger partial charge is 0.374 e. The van der Waals surface area contributed by atoms with E-state index in [1.165, 1.54) is 17.4 Å². The van der Waals surface area contributed by atoms with E-state index in [2.05, 4.69) is 10.3 Å². The fourth-order valence-corrected chi connectivity index (χ4v) is 3.78. The number of carbonyl (C=O) groups is 2. The molecule has 0 aliphatic heterocycles. The van der Waals surface area contributed by atoms with E-state index >= 15 is 0 Å². The van der Waals surface area contributed by atoms with Crippen molar-refractivity contribution < 1.29 is 18.7 Å². The second-order valence-electron chi connectivity index (χ2n) is 6.43. The second kappa shape index (κ2) is 8.28. The van der Waals surface area contributed by atoms with Crippen LogP contribution in [0, 0.1) is 0 Å². The summed E-state index contributed by atoms with van der Waals surface area (Å²) < 4.78 is 11.7. The quantitative estimate of drug-likeness (QED) is 0.474. The average Bonchev–Trinajstić information content (AvgIpc) is 3.39. The first-order valence-electron chi connectivity index (χ1n) is 9.07. The topological polar surface area (TPSA) is 81.4 Å². The Morgan fingerprint density at radius 1 is 1.07 bits per heavy atom. The number of para-hydroxylation sites is 1. The molecule has 1 atom stereocenters. The van der Waals surface area contributed by atoms with Crippen molar-refractivity contribution in [1.29, 1.82) is 0 Å². The number of hydrogen-bond donors (Lipinski definition) is 1. The van der Waals surface area contributed by atoms with Gasteiger partial charge in [-0.1, -0.05) is 42.5 Å². The summed E-state index contributed by atoms with van der Waals surface area (Å²) >= 11 is 1.48. The maximum atomic E-state index is 12.2. The maximum Gasteiger partial charge on any atom is 0.374 e. The summed E-state index contributed by atoms with van der Waals surface area (Å²) in [5.74, 6) is -0.559. The van der Waals surface area contributed by atoms with Gasteiger partial charge in [0, 0.05) is 0 Å². The SMILES string of the molecule is C[C@H](NC(=O)COC(=O)c1ccc(-c2nc3ccccc3s2)o1)c1ccccc1. The van der Waals surface area contributed by atoms with Crippen molar-refractivity contribution in [2.24, 2.45) is 0 Å². The summed E-state index contributed by atoms with van der Waals surface area (Å²) in [7, 11) is 0. The minimum Gasteiger partial charge on any atom is -0.450 e. The second-order valence-corrected chi connectivity index (χ2v) is 7.46. The summed E-state index contributed by atoms with van der Waals surface area (Å²) in [6.07, 6.45) is 0. The zero-order valence-corrected chi connectivity index (χ0v) is 16.4. The van der Waals surface area contributed by atoms with Crippen molar-refractivity contribution in [3.8, 4) is 10.8 Å². The van der Waals surface area contributed by atoms with Gasteiger partial charge in [-0.15, -0.1) is 11.3 Å². The molecule has 7 heteroatoms. The first-order valence-corrected chi connectivity index (χ1v) is 9.89. The van der Waals surface area contributed by atoms with E-state index in [1.807, 2.05) is 61.5 Å². The Labute approximate surface area is 171 Å². The molecule has 0 radical (unpaired) electrons. The molecule has 146 valence electrons. The van der Waals surface area contributed by atoms with E-state index < -0.39 is 5.97 Å². The molecule has 1 N–H and O–H groups in total. The molecule has 2 aromatic carbocycles. The molecule has 0 saturated heterocycles. The normalized spacial score (nSPS) is 11.9. The number of rotatable bonds is 6. The van der Waals surface area contributed by atoms with Crippen LogP contribution >= 0.6 is 11.3 Å². The van der Waals surface area contributed by atoms with Crippen LogP contribution in [0.4, 0.5) is 0 Å². The fourth-order valence-electron chi connectivity index (χ4n) is 2.85. The van der Waals surface area contributed by atoms with E-state index in [9.17, 15) is 9.59 Å². The number of hydrogen-bond acceptors (Lipinski definition) is 6. The molecule has 2 heterocycles. The number of ether oxygens (including phenoxy) is 1. The van der Waals surface area contributed by atoms with Gasteiger partial charge in [0.05, 0.1) is 16.3 Å². The predicted octanol–water partition coefficient (Wildman–Crippen LogP) is 4.59. The average molecular weight is 406 g/mol. The lowest BCUT2D eigenvalue weighted by molar-refractivity contribution is -0.124. The van der Waals surface area contributed by atoms with Gasteiger partial charge in [-0.3, -0.25) is 4.79 Å². The molecular weight excluding hydrogens is 388 g/mol. The number of amides is 1. The number of esters is 1. The van der Waals surface area contributed by atoms with Crippen molar-refractivity contribution in [3.63, 3.8) is 0 Å². The summed E-state index contributed by atoms with van der Waals surface area (Å²) in [5.41, 5.74) is 1.84. The monoisotopic (exact) mass is 406 g/mol. The van der Waals surface area contributed by atoms with Crippen molar-refractivity contribution >= 4 is 33.4 Å². The Kier molecular flexibility index (Phi) is 5.39. The van der Waals surface area contributed by atoms with Crippen LogP contribution in [0.5, 0.6) is 0 Å². The number of nitrogens with zero attached hydrogens (tertiary/aromatic N) is 1. The van der Waals surface area contributed by atoms with E-state index in [-0.39, 0.29) is 24.3 Å². The summed E-state index contributed by atoms with van der Waals surface area (Å²) in [6, 6.07) is 20.3. The molecule has 4 rings (SSSR count). The molecule has 0 saturated carbocycles. The molecule has 0 aliphatic rings.